The number of anilines is 2. The molecule has 0 atom stereocenters. The van der Waals surface area contributed by atoms with Gasteiger partial charge >= 0.3 is 0 Å². The van der Waals surface area contributed by atoms with Crippen molar-refractivity contribution in [3.05, 3.63) is 53.7 Å². The van der Waals surface area contributed by atoms with Crippen molar-refractivity contribution in [1.82, 2.24) is 4.98 Å². The second-order valence-corrected chi connectivity index (χ2v) is 5.24. The number of nitrogens with one attached hydrogen (secondary N) is 1. The zero-order valence-corrected chi connectivity index (χ0v) is 12.0. The second-order valence-electron chi connectivity index (χ2n) is 5.24. The van der Waals surface area contributed by atoms with Crippen molar-refractivity contribution in [2.75, 3.05) is 23.3 Å². The normalized spacial score (nSPS) is 13.3. The molecular formula is C17H21N3. The van der Waals surface area contributed by atoms with Crippen LogP contribution in [0.25, 0.3) is 0 Å². The molecule has 0 amide bonds. The molecule has 1 aliphatic heterocycles. The Kier molecular flexibility index (Phi) is 3.86. The summed E-state index contributed by atoms with van der Waals surface area (Å²) in [6, 6.07) is 12.9. The third-order valence-electron chi connectivity index (χ3n) is 3.78. The summed E-state index contributed by atoms with van der Waals surface area (Å²) in [5, 5.41) is 3.42. The van der Waals surface area contributed by atoms with Crippen LogP contribution in [0, 0.1) is 0 Å². The van der Waals surface area contributed by atoms with Crippen LogP contribution in [0.5, 0.6) is 0 Å². The number of aromatic nitrogens is 1. The molecule has 1 aromatic carbocycles. The van der Waals surface area contributed by atoms with Crippen molar-refractivity contribution in [3.8, 4) is 0 Å². The molecule has 0 saturated carbocycles. The van der Waals surface area contributed by atoms with E-state index in [0.717, 1.165) is 38.3 Å². The second kappa shape index (κ2) is 5.95. The molecule has 3 nitrogen and oxygen atoms in total. The van der Waals surface area contributed by atoms with Gasteiger partial charge in [-0.25, -0.2) is 4.98 Å². The first kappa shape index (κ1) is 13.0. The number of hydrogen-bond acceptors (Lipinski definition) is 3. The van der Waals surface area contributed by atoms with E-state index in [2.05, 4.69) is 52.5 Å². The lowest BCUT2D eigenvalue weighted by molar-refractivity contribution is 0.830. The number of pyridine rings is 1. The third-order valence-corrected chi connectivity index (χ3v) is 3.78. The standard InChI is InChI=1S/C17H21N3/c1-2-10-18-17-15(7-5-11-19-17)13-20-12-9-14-6-3-4-8-16(14)20/h3-8,11H,2,9-10,12-13H2,1H3,(H,18,19). The Labute approximate surface area is 120 Å². The molecule has 0 fully saturated rings. The van der Waals surface area contributed by atoms with E-state index in [1.165, 1.54) is 16.8 Å². The van der Waals surface area contributed by atoms with E-state index in [0.29, 0.717) is 0 Å². The lowest BCUT2D eigenvalue weighted by atomic mass is 10.2. The van der Waals surface area contributed by atoms with Crippen molar-refractivity contribution < 1.29 is 0 Å². The van der Waals surface area contributed by atoms with E-state index in [1.807, 2.05) is 12.3 Å². The van der Waals surface area contributed by atoms with Crippen LogP contribution in [0.4, 0.5) is 11.5 Å². The molecule has 2 heterocycles. The van der Waals surface area contributed by atoms with E-state index >= 15 is 0 Å². The Morgan fingerprint density at radius 3 is 3.00 bits per heavy atom. The first-order chi connectivity index (χ1) is 9.88. The Morgan fingerprint density at radius 2 is 2.10 bits per heavy atom. The average Bonchev–Trinajstić information content (AvgIpc) is 2.90. The summed E-state index contributed by atoms with van der Waals surface area (Å²) >= 11 is 0. The van der Waals surface area contributed by atoms with E-state index in [1.54, 1.807) is 0 Å². The fourth-order valence-electron chi connectivity index (χ4n) is 2.75. The SMILES string of the molecule is CCCNc1ncccc1CN1CCc2ccccc21. The number of fused-ring (bicyclic) bond motifs is 1. The van der Waals surface area contributed by atoms with Gasteiger partial charge in [0.2, 0.25) is 0 Å². The fourth-order valence-corrected chi connectivity index (χ4v) is 2.75. The Hall–Kier alpha value is -2.03. The quantitative estimate of drug-likeness (QED) is 0.899. The van der Waals surface area contributed by atoms with Gasteiger partial charge in [-0.3, -0.25) is 0 Å². The summed E-state index contributed by atoms with van der Waals surface area (Å²) in [5.74, 6) is 1.03. The van der Waals surface area contributed by atoms with Crippen LogP contribution in [0.2, 0.25) is 0 Å². The highest BCUT2D eigenvalue weighted by atomic mass is 15.1. The summed E-state index contributed by atoms with van der Waals surface area (Å²) in [6.45, 7) is 5.17. The van der Waals surface area contributed by atoms with Crippen molar-refractivity contribution in [3.63, 3.8) is 0 Å². The molecule has 1 aliphatic rings. The van der Waals surface area contributed by atoms with Crippen LogP contribution in [0.15, 0.2) is 42.6 Å². The van der Waals surface area contributed by atoms with Gasteiger partial charge in [0.25, 0.3) is 0 Å². The zero-order chi connectivity index (χ0) is 13.8. The maximum atomic E-state index is 4.48. The maximum Gasteiger partial charge on any atom is 0.130 e. The van der Waals surface area contributed by atoms with E-state index in [-0.39, 0.29) is 0 Å². The zero-order valence-electron chi connectivity index (χ0n) is 12.0. The summed E-state index contributed by atoms with van der Waals surface area (Å²) in [4.78, 5) is 6.92. The monoisotopic (exact) mass is 267 g/mol. The van der Waals surface area contributed by atoms with Crippen LogP contribution in [-0.2, 0) is 13.0 Å². The van der Waals surface area contributed by atoms with Gasteiger partial charge in [0.1, 0.15) is 5.82 Å². The highest BCUT2D eigenvalue weighted by molar-refractivity contribution is 5.59. The number of benzene rings is 1. The van der Waals surface area contributed by atoms with Gasteiger partial charge in [-0.2, -0.15) is 0 Å². The summed E-state index contributed by atoms with van der Waals surface area (Å²) in [7, 11) is 0. The van der Waals surface area contributed by atoms with E-state index in [9.17, 15) is 0 Å². The van der Waals surface area contributed by atoms with Crippen molar-refractivity contribution >= 4 is 11.5 Å². The highest BCUT2D eigenvalue weighted by Crippen LogP contribution is 2.29. The summed E-state index contributed by atoms with van der Waals surface area (Å²) < 4.78 is 0. The highest BCUT2D eigenvalue weighted by Gasteiger charge is 2.19. The van der Waals surface area contributed by atoms with Crippen LogP contribution < -0.4 is 10.2 Å². The molecule has 0 radical (unpaired) electrons. The third kappa shape index (κ3) is 2.62. The van der Waals surface area contributed by atoms with Crippen LogP contribution in [0.1, 0.15) is 24.5 Å². The Balaban J connectivity index is 1.79. The molecule has 0 bridgehead atoms. The van der Waals surface area contributed by atoms with E-state index < -0.39 is 0 Å². The predicted octanol–water partition coefficient (Wildman–Crippen LogP) is 3.47. The molecule has 1 N–H and O–H groups in total. The number of rotatable bonds is 5. The molecule has 104 valence electrons. The number of hydrogen-bond donors (Lipinski definition) is 1. The molecule has 0 saturated heterocycles. The lowest BCUT2D eigenvalue weighted by Crippen LogP contribution is -2.21. The van der Waals surface area contributed by atoms with Gasteiger partial charge < -0.3 is 10.2 Å². The van der Waals surface area contributed by atoms with Gasteiger partial charge in [0.05, 0.1) is 0 Å². The summed E-state index contributed by atoms with van der Waals surface area (Å²) in [5.41, 5.74) is 4.11. The minimum absolute atomic E-state index is 0.927. The summed E-state index contributed by atoms with van der Waals surface area (Å²) in [6.07, 6.45) is 4.12. The first-order valence-electron chi connectivity index (χ1n) is 7.39. The van der Waals surface area contributed by atoms with Crippen LogP contribution in [0.3, 0.4) is 0 Å². The van der Waals surface area contributed by atoms with Gasteiger partial charge in [0, 0.05) is 37.1 Å². The molecule has 20 heavy (non-hydrogen) atoms. The number of nitrogens with zero attached hydrogens (tertiary/aromatic N) is 2. The largest absolute Gasteiger partial charge is 0.370 e. The van der Waals surface area contributed by atoms with Crippen molar-refractivity contribution in [1.29, 1.82) is 0 Å². The topological polar surface area (TPSA) is 28.2 Å². The molecule has 0 spiro atoms. The fraction of sp³-hybridized carbons (Fsp3) is 0.353. The van der Waals surface area contributed by atoms with Gasteiger partial charge in [-0.15, -0.1) is 0 Å². The Bertz CT molecular complexity index is 580. The molecule has 1 aromatic heterocycles. The van der Waals surface area contributed by atoms with Crippen molar-refractivity contribution in [2.24, 2.45) is 0 Å². The van der Waals surface area contributed by atoms with Gasteiger partial charge in [-0.1, -0.05) is 31.2 Å². The van der Waals surface area contributed by atoms with E-state index in [4.69, 9.17) is 0 Å². The minimum Gasteiger partial charge on any atom is -0.370 e. The smallest absolute Gasteiger partial charge is 0.130 e. The van der Waals surface area contributed by atoms with Crippen LogP contribution in [-0.4, -0.2) is 18.1 Å². The molecule has 0 aliphatic carbocycles. The van der Waals surface area contributed by atoms with Crippen LogP contribution >= 0.6 is 0 Å². The molecule has 3 heteroatoms. The Morgan fingerprint density at radius 1 is 1.20 bits per heavy atom. The van der Waals surface area contributed by atoms with Gasteiger partial charge in [-0.05, 0) is 30.5 Å². The average molecular weight is 267 g/mol. The van der Waals surface area contributed by atoms with Gasteiger partial charge in [0.15, 0.2) is 0 Å². The number of para-hydroxylation sites is 1. The predicted molar refractivity (Wildman–Crippen MR) is 84.2 cm³/mol. The molecule has 2 aromatic rings. The van der Waals surface area contributed by atoms with Crippen molar-refractivity contribution in [2.45, 2.75) is 26.3 Å². The first-order valence-corrected chi connectivity index (χ1v) is 7.39. The maximum absolute atomic E-state index is 4.48. The lowest BCUT2D eigenvalue weighted by Gasteiger charge is -2.21. The minimum atomic E-state index is 0.927. The molecular weight excluding hydrogens is 246 g/mol. The molecule has 3 rings (SSSR count). The molecule has 0 unspecified atom stereocenters.